The molecule has 1 aromatic rings. The summed E-state index contributed by atoms with van der Waals surface area (Å²) in [5.41, 5.74) is -0.197. The van der Waals surface area contributed by atoms with Crippen molar-refractivity contribution in [3.63, 3.8) is 0 Å². The molecule has 106 valence electrons. The van der Waals surface area contributed by atoms with Gasteiger partial charge in [0.25, 0.3) is 0 Å². The molecule has 1 fully saturated rings. The second-order valence-electron chi connectivity index (χ2n) is 4.80. The van der Waals surface area contributed by atoms with Crippen LogP contribution in [-0.4, -0.2) is 34.8 Å². The van der Waals surface area contributed by atoms with E-state index in [2.05, 4.69) is 12.6 Å². The fourth-order valence-corrected chi connectivity index (χ4v) is 3.84. The summed E-state index contributed by atoms with van der Waals surface area (Å²) < 4.78 is 40.3. The Hall–Kier alpha value is 0.400. The molecule has 0 amide bonds. The van der Waals surface area contributed by atoms with E-state index in [1.165, 1.54) is 0 Å². The van der Waals surface area contributed by atoms with Gasteiger partial charge in [-0.15, -0.1) is 0 Å². The summed E-state index contributed by atoms with van der Waals surface area (Å²) in [7, 11) is -4.54. The molecule has 1 saturated heterocycles. The van der Waals surface area contributed by atoms with Crippen LogP contribution in [0.25, 0.3) is 0 Å². The van der Waals surface area contributed by atoms with Crippen molar-refractivity contribution in [2.24, 2.45) is 0 Å². The fourth-order valence-electron chi connectivity index (χ4n) is 2.26. The smallest absolute Gasteiger partial charge is 0.735 e. The Balaban J connectivity index is 0.00000200. The van der Waals surface area contributed by atoms with Crippen LogP contribution in [0.5, 0.6) is 0 Å². The molecule has 2 rings (SSSR count). The Morgan fingerprint density at radius 3 is 2.60 bits per heavy atom. The van der Waals surface area contributed by atoms with Crippen LogP contribution < -0.4 is 29.6 Å². The summed E-state index contributed by atoms with van der Waals surface area (Å²) in [5, 5.41) is -0.190. The van der Waals surface area contributed by atoms with Crippen molar-refractivity contribution in [3.8, 4) is 0 Å². The number of nitrogens with zero attached hydrogens (tertiary/aromatic N) is 1. The van der Waals surface area contributed by atoms with Gasteiger partial charge in [-0.05, 0) is 12.5 Å². The number of rotatable bonds is 4. The zero-order valence-electron chi connectivity index (χ0n) is 11.5. The summed E-state index contributed by atoms with van der Waals surface area (Å²) >= 11 is 4.25. The third kappa shape index (κ3) is 4.45. The van der Waals surface area contributed by atoms with Gasteiger partial charge in [0.15, 0.2) is 10.3 Å². The van der Waals surface area contributed by atoms with Gasteiger partial charge < -0.3 is 9.29 Å². The topological polar surface area (TPSA) is 69.7 Å². The molecule has 1 aromatic carbocycles. The predicted octanol–water partition coefficient (Wildman–Crippen LogP) is -1.61. The minimum Gasteiger partial charge on any atom is -0.735 e. The zero-order valence-corrected chi connectivity index (χ0v) is 15.2. The molecule has 0 saturated carbocycles. The van der Waals surface area contributed by atoms with E-state index in [0.29, 0.717) is 6.42 Å². The summed E-state index contributed by atoms with van der Waals surface area (Å²) in [6.45, 7) is 1.95. The van der Waals surface area contributed by atoms with Gasteiger partial charge in [0.05, 0.1) is 6.61 Å². The molecule has 0 spiro atoms. The van der Waals surface area contributed by atoms with Crippen molar-refractivity contribution in [1.29, 1.82) is 0 Å². The SMILES string of the molecule is CC1(OCc2ccccc2)CC(S)CN1S(=O)(=O)[O-].[Na+]. The first-order valence-electron chi connectivity index (χ1n) is 5.91. The fraction of sp³-hybridized carbons (Fsp3) is 0.500. The summed E-state index contributed by atoms with van der Waals surface area (Å²) in [5.74, 6) is 0. The van der Waals surface area contributed by atoms with Gasteiger partial charge in [0.2, 0.25) is 0 Å². The van der Waals surface area contributed by atoms with E-state index in [-0.39, 0.29) is 48.0 Å². The molecule has 1 heterocycles. The van der Waals surface area contributed by atoms with E-state index in [0.717, 1.165) is 9.87 Å². The maximum Gasteiger partial charge on any atom is 1.00 e. The van der Waals surface area contributed by atoms with Crippen molar-refractivity contribution in [3.05, 3.63) is 35.9 Å². The van der Waals surface area contributed by atoms with Crippen molar-refractivity contribution < 1.29 is 47.3 Å². The van der Waals surface area contributed by atoms with Crippen molar-refractivity contribution in [2.75, 3.05) is 6.54 Å². The van der Waals surface area contributed by atoms with E-state index in [4.69, 9.17) is 4.74 Å². The van der Waals surface area contributed by atoms with Crippen LogP contribution in [0, 0.1) is 0 Å². The molecule has 2 atom stereocenters. The molecule has 20 heavy (non-hydrogen) atoms. The predicted molar refractivity (Wildman–Crippen MR) is 73.4 cm³/mol. The summed E-state index contributed by atoms with van der Waals surface area (Å²) in [6.07, 6.45) is 0.393. The van der Waals surface area contributed by atoms with Gasteiger partial charge in [0, 0.05) is 18.2 Å². The monoisotopic (exact) mass is 325 g/mol. The average Bonchev–Trinajstić information content (AvgIpc) is 2.64. The minimum absolute atomic E-state index is 0. The Labute approximate surface area is 147 Å². The van der Waals surface area contributed by atoms with Crippen molar-refractivity contribution >= 4 is 22.9 Å². The number of hydrogen-bond donors (Lipinski definition) is 1. The minimum atomic E-state index is -4.54. The van der Waals surface area contributed by atoms with E-state index < -0.39 is 16.0 Å². The molecule has 1 aliphatic rings. The normalized spacial score (nSPS) is 27.2. The maximum atomic E-state index is 11.3. The number of hydrogen-bond acceptors (Lipinski definition) is 5. The van der Waals surface area contributed by atoms with Gasteiger partial charge in [-0.3, -0.25) is 0 Å². The molecule has 8 heteroatoms. The number of ether oxygens (including phenoxy) is 1. The number of benzene rings is 1. The van der Waals surface area contributed by atoms with E-state index >= 15 is 0 Å². The zero-order chi connectivity index (χ0) is 14.1. The van der Waals surface area contributed by atoms with Crippen LogP contribution >= 0.6 is 12.6 Å². The van der Waals surface area contributed by atoms with Crippen LogP contribution in [0.15, 0.2) is 30.3 Å². The largest absolute Gasteiger partial charge is 1.00 e. The maximum absolute atomic E-state index is 11.3. The van der Waals surface area contributed by atoms with Gasteiger partial charge >= 0.3 is 29.6 Å². The van der Waals surface area contributed by atoms with Crippen LogP contribution in [0.4, 0.5) is 0 Å². The molecule has 0 aliphatic carbocycles. The molecule has 5 nitrogen and oxygen atoms in total. The molecule has 0 N–H and O–H groups in total. The second kappa shape index (κ2) is 7.11. The first-order valence-corrected chi connectivity index (χ1v) is 7.79. The Bertz CT molecular complexity index is 540. The first kappa shape index (κ1) is 18.4. The molecule has 0 aromatic heterocycles. The second-order valence-corrected chi connectivity index (χ2v) is 6.82. The van der Waals surface area contributed by atoms with Crippen LogP contribution in [0.2, 0.25) is 0 Å². The molecule has 2 unspecified atom stereocenters. The average molecular weight is 325 g/mol. The molecule has 0 bridgehead atoms. The third-order valence-electron chi connectivity index (χ3n) is 3.18. The molecular weight excluding hydrogens is 309 g/mol. The van der Waals surface area contributed by atoms with Gasteiger partial charge in [-0.2, -0.15) is 16.9 Å². The molecule has 0 radical (unpaired) electrons. The van der Waals surface area contributed by atoms with E-state index in [9.17, 15) is 13.0 Å². The quantitative estimate of drug-likeness (QED) is 0.411. The Morgan fingerprint density at radius 1 is 1.45 bits per heavy atom. The molecule has 1 aliphatic heterocycles. The van der Waals surface area contributed by atoms with E-state index in [1.807, 2.05) is 30.3 Å². The van der Waals surface area contributed by atoms with Crippen molar-refractivity contribution in [2.45, 2.75) is 30.9 Å². The van der Waals surface area contributed by atoms with E-state index in [1.54, 1.807) is 6.92 Å². The number of thiol groups is 1. The van der Waals surface area contributed by atoms with Gasteiger partial charge in [-0.1, -0.05) is 30.3 Å². The Morgan fingerprint density at radius 2 is 2.05 bits per heavy atom. The first-order chi connectivity index (χ1) is 8.81. The van der Waals surface area contributed by atoms with Crippen LogP contribution in [0.3, 0.4) is 0 Å². The summed E-state index contributed by atoms with van der Waals surface area (Å²) in [6, 6.07) is 9.40. The Kier molecular flexibility index (Phi) is 6.56. The van der Waals surface area contributed by atoms with Crippen molar-refractivity contribution in [1.82, 2.24) is 4.31 Å². The van der Waals surface area contributed by atoms with Crippen LogP contribution in [-0.2, 0) is 21.6 Å². The third-order valence-corrected chi connectivity index (χ3v) is 4.60. The van der Waals surface area contributed by atoms with Gasteiger partial charge in [-0.25, -0.2) is 8.42 Å². The van der Waals surface area contributed by atoms with Gasteiger partial charge in [0.1, 0.15) is 5.72 Å². The van der Waals surface area contributed by atoms with Crippen LogP contribution in [0.1, 0.15) is 18.9 Å². The standard InChI is InChI=1S/C12H17NO4S2.Na/c1-12(17-9-10-5-3-2-4-6-10)7-11(18)8-13(12)19(14,15)16;/h2-6,11,18H,7-9H2,1H3,(H,14,15,16);/q;+1/p-1. The summed E-state index contributed by atoms with van der Waals surface area (Å²) in [4.78, 5) is 0. The molecular formula is C12H16NNaO4S2.